The third-order valence-corrected chi connectivity index (χ3v) is 4.89. The van der Waals surface area contributed by atoms with Crippen LogP contribution in [0.3, 0.4) is 0 Å². The number of aromatic nitrogens is 4. The smallest absolute Gasteiger partial charge is 0.213 e. The predicted molar refractivity (Wildman–Crippen MR) is 104 cm³/mol. The van der Waals surface area contributed by atoms with Gasteiger partial charge in [-0.3, -0.25) is 9.78 Å². The van der Waals surface area contributed by atoms with Gasteiger partial charge in [-0.05, 0) is 38.3 Å². The monoisotopic (exact) mass is 381 g/mol. The minimum Gasteiger partial charge on any atom is -0.399 e. The van der Waals surface area contributed by atoms with Gasteiger partial charge in [-0.1, -0.05) is 0 Å². The molecule has 0 spiro atoms. The van der Waals surface area contributed by atoms with Gasteiger partial charge in [0.05, 0.1) is 18.2 Å². The average molecular weight is 381 g/mol. The minimum atomic E-state index is -0.213. The Labute approximate surface area is 162 Å². The lowest BCUT2D eigenvalue weighted by molar-refractivity contribution is -0.166. The first kappa shape index (κ1) is 18.5. The third kappa shape index (κ3) is 3.74. The quantitative estimate of drug-likeness (QED) is 0.655. The molecule has 8 nitrogen and oxygen atoms in total. The van der Waals surface area contributed by atoms with Gasteiger partial charge < -0.3 is 19.8 Å². The van der Waals surface area contributed by atoms with E-state index >= 15 is 0 Å². The molecule has 8 heteroatoms. The zero-order valence-corrected chi connectivity index (χ0v) is 15.7. The molecule has 1 unspecified atom stereocenters. The molecule has 1 fully saturated rings. The van der Waals surface area contributed by atoms with Crippen LogP contribution in [0.25, 0.3) is 11.0 Å². The van der Waals surface area contributed by atoms with Crippen molar-refractivity contribution in [1.29, 1.82) is 0 Å². The fourth-order valence-corrected chi connectivity index (χ4v) is 3.38. The second-order valence-electron chi connectivity index (χ2n) is 6.99. The Morgan fingerprint density at radius 2 is 2.32 bits per heavy atom. The van der Waals surface area contributed by atoms with Gasteiger partial charge in [0.1, 0.15) is 17.7 Å². The maximum atomic E-state index is 13.0. The molecular formula is C20H23N5O3. The van der Waals surface area contributed by atoms with E-state index in [0.717, 1.165) is 25.9 Å². The molecule has 4 heterocycles. The Morgan fingerprint density at radius 3 is 3.11 bits per heavy atom. The Morgan fingerprint density at radius 1 is 1.43 bits per heavy atom. The maximum absolute atomic E-state index is 13.0. The minimum absolute atomic E-state index is 0.0294. The van der Waals surface area contributed by atoms with Crippen LogP contribution in [0.1, 0.15) is 48.3 Å². The molecule has 0 amide bonds. The van der Waals surface area contributed by atoms with Crippen LogP contribution in [0.5, 0.6) is 0 Å². The first-order chi connectivity index (χ1) is 13.6. The van der Waals surface area contributed by atoms with E-state index in [2.05, 4.69) is 15.0 Å². The van der Waals surface area contributed by atoms with Gasteiger partial charge in [-0.2, -0.15) is 0 Å². The van der Waals surface area contributed by atoms with E-state index in [9.17, 15) is 4.79 Å². The zero-order valence-electron chi connectivity index (χ0n) is 15.7. The largest absolute Gasteiger partial charge is 0.399 e. The van der Waals surface area contributed by atoms with Crippen LogP contribution in [-0.2, 0) is 9.47 Å². The first-order valence-electron chi connectivity index (χ1n) is 9.43. The van der Waals surface area contributed by atoms with Gasteiger partial charge >= 0.3 is 0 Å². The standard InChI is InChI=1S/C20H23N5O3/c1-13(11-28-18-4-2-3-7-27-18)25-10-16(15-9-22-12-24-20(15)25)19(26)17-8-14(21)5-6-23-17/h5-6,8-10,12-13,18H,2-4,7,11H2,1H3,(H2,21,23)/t13-,18?/m0/s1. The highest BCUT2D eigenvalue weighted by Gasteiger charge is 2.22. The van der Waals surface area contributed by atoms with Gasteiger partial charge in [0.2, 0.25) is 5.78 Å². The van der Waals surface area contributed by atoms with E-state index in [1.807, 2.05) is 11.5 Å². The molecule has 2 atom stereocenters. The second kappa shape index (κ2) is 8.04. The Bertz CT molecular complexity index is 981. The number of ether oxygens (including phenoxy) is 2. The molecule has 146 valence electrons. The number of fused-ring (bicyclic) bond motifs is 1. The predicted octanol–water partition coefficient (Wildman–Crippen LogP) is 2.74. The van der Waals surface area contributed by atoms with Crippen LogP contribution in [0.4, 0.5) is 5.69 Å². The summed E-state index contributed by atoms with van der Waals surface area (Å²) in [5.41, 5.74) is 7.77. The highest BCUT2D eigenvalue weighted by molar-refractivity contribution is 6.15. The van der Waals surface area contributed by atoms with Crippen molar-refractivity contribution in [3.05, 3.63) is 48.3 Å². The summed E-state index contributed by atoms with van der Waals surface area (Å²) in [6, 6.07) is 3.19. The fraction of sp³-hybridized carbons (Fsp3) is 0.400. The lowest BCUT2D eigenvalue weighted by Gasteiger charge is -2.24. The Kier molecular flexibility index (Phi) is 5.31. The molecule has 0 saturated carbocycles. The Balaban J connectivity index is 1.61. The number of hydrogen-bond donors (Lipinski definition) is 1. The molecule has 1 aliphatic heterocycles. The number of pyridine rings is 1. The summed E-state index contributed by atoms with van der Waals surface area (Å²) in [7, 11) is 0. The van der Waals surface area contributed by atoms with Crippen LogP contribution < -0.4 is 5.73 Å². The second-order valence-corrected chi connectivity index (χ2v) is 6.99. The molecule has 28 heavy (non-hydrogen) atoms. The van der Waals surface area contributed by atoms with Gasteiger partial charge in [0, 0.05) is 36.3 Å². The number of rotatable bonds is 6. The van der Waals surface area contributed by atoms with Crippen LogP contribution >= 0.6 is 0 Å². The fourth-order valence-electron chi connectivity index (χ4n) is 3.38. The van der Waals surface area contributed by atoms with E-state index < -0.39 is 0 Å². The molecule has 4 rings (SSSR count). The molecule has 0 radical (unpaired) electrons. The summed E-state index contributed by atoms with van der Waals surface area (Å²) in [6.45, 7) is 3.23. The highest BCUT2D eigenvalue weighted by Crippen LogP contribution is 2.25. The molecule has 2 N–H and O–H groups in total. The van der Waals surface area contributed by atoms with Gasteiger partial charge in [-0.15, -0.1) is 0 Å². The molecule has 1 saturated heterocycles. The molecule has 0 aliphatic carbocycles. The SMILES string of the molecule is C[C@@H](COC1CCCCO1)n1cc(C(=O)c2cc(N)ccn2)c2cncnc21. The van der Waals surface area contributed by atoms with E-state index in [1.165, 1.54) is 12.5 Å². The lowest BCUT2D eigenvalue weighted by atomic mass is 10.1. The number of nitrogens with two attached hydrogens (primary N) is 1. The molecule has 0 aromatic carbocycles. The van der Waals surface area contributed by atoms with Crippen molar-refractivity contribution in [2.75, 3.05) is 18.9 Å². The number of ketones is 1. The summed E-state index contributed by atoms with van der Waals surface area (Å²) in [4.78, 5) is 25.6. The van der Waals surface area contributed by atoms with Crippen LogP contribution in [0.15, 0.2) is 37.1 Å². The molecule has 0 bridgehead atoms. The van der Waals surface area contributed by atoms with Crippen LogP contribution in [0.2, 0.25) is 0 Å². The lowest BCUT2D eigenvalue weighted by Crippen LogP contribution is -2.25. The van der Waals surface area contributed by atoms with Crippen molar-refractivity contribution < 1.29 is 14.3 Å². The van der Waals surface area contributed by atoms with E-state index in [-0.39, 0.29) is 18.1 Å². The van der Waals surface area contributed by atoms with E-state index in [1.54, 1.807) is 24.5 Å². The van der Waals surface area contributed by atoms with Crippen molar-refractivity contribution in [2.45, 2.75) is 38.5 Å². The van der Waals surface area contributed by atoms with Crippen molar-refractivity contribution in [2.24, 2.45) is 0 Å². The normalized spacial score (nSPS) is 18.2. The van der Waals surface area contributed by atoms with Crippen molar-refractivity contribution in [1.82, 2.24) is 19.5 Å². The Hall–Kier alpha value is -2.84. The summed E-state index contributed by atoms with van der Waals surface area (Å²) in [5, 5.41) is 0.678. The van der Waals surface area contributed by atoms with Crippen LogP contribution in [-0.4, -0.2) is 44.8 Å². The first-order valence-corrected chi connectivity index (χ1v) is 9.43. The maximum Gasteiger partial charge on any atom is 0.213 e. The summed E-state index contributed by atoms with van der Waals surface area (Å²) >= 11 is 0. The van der Waals surface area contributed by atoms with Gasteiger partial charge in [-0.25, -0.2) is 9.97 Å². The number of anilines is 1. The molecular weight excluding hydrogens is 358 g/mol. The topological polar surface area (TPSA) is 105 Å². The van der Waals surface area contributed by atoms with Crippen molar-refractivity contribution in [3.63, 3.8) is 0 Å². The van der Waals surface area contributed by atoms with E-state index in [0.29, 0.717) is 34.6 Å². The number of hydrogen-bond acceptors (Lipinski definition) is 7. The summed E-state index contributed by atoms with van der Waals surface area (Å²) in [6.07, 6.45) is 9.39. The third-order valence-electron chi connectivity index (χ3n) is 4.89. The van der Waals surface area contributed by atoms with Crippen LogP contribution in [0, 0.1) is 0 Å². The number of nitrogens with zero attached hydrogens (tertiary/aromatic N) is 4. The van der Waals surface area contributed by atoms with E-state index in [4.69, 9.17) is 15.2 Å². The molecule has 3 aromatic rings. The zero-order chi connectivity index (χ0) is 19.5. The molecule has 3 aromatic heterocycles. The number of nitrogen functional groups attached to an aromatic ring is 1. The summed E-state index contributed by atoms with van der Waals surface area (Å²) < 4.78 is 13.5. The van der Waals surface area contributed by atoms with Gasteiger partial charge in [0.25, 0.3) is 0 Å². The number of carbonyl (C=O) groups is 1. The molecule has 1 aliphatic rings. The average Bonchev–Trinajstić information content (AvgIpc) is 3.12. The number of carbonyl (C=O) groups excluding carboxylic acids is 1. The highest BCUT2D eigenvalue weighted by atomic mass is 16.7. The van der Waals surface area contributed by atoms with Crippen molar-refractivity contribution in [3.8, 4) is 0 Å². The summed E-state index contributed by atoms with van der Waals surface area (Å²) in [5.74, 6) is -0.213. The van der Waals surface area contributed by atoms with Gasteiger partial charge in [0.15, 0.2) is 6.29 Å². The van der Waals surface area contributed by atoms with Crippen molar-refractivity contribution >= 4 is 22.5 Å².